The van der Waals surface area contributed by atoms with Crippen molar-refractivity contribution in [3.63, 3.8) is 0 Å². The molecule has 0 amide bonds. The van der Waals surface area contributed by atoms with Crippen LogP contribution in [-0.4, -0.2) is 38.7 Å². The second kappa shape index (κ2) is 4.91. The molecule has 0 fully saturated rings. The van der Waals surface area contributed by atoms with E-state index in [0.29, 0.717) is 24.9 Å². The van der Waals surface area contributed by atoms with Gasteiger partial charge in [-0.05, 0) is 12.1 Å². The van der Waals surface area contributed by atoms with Gasteiger partial charge in [0.05, 0.1) is 11.9 Å². The van der Waals surface area contributed by atoms with Crippen molar-refractivity contribution in [3.8, 4) is 0 Å². The summed E-state index contributed by atoms with van der Waals surface area (Å²) >= 11 is 0. The molecule has 0 spiro atoms. The molecule has 0 atom stereocenters. The Morgan fingerprint density at radius 3 is 3.00 bits per heavy atom. The van der Waals surface area contributed by atoms with Crippen molar-refractivity contribution >= 4 is 5.95 Å². The van der Waals surface area contributed by atoms with E-state index in [-0.39, 0.29) is 0 Å². The highest BCUT2D eigenvalue weighted by Crippen LogP contribution is 2.07. The van der Waals surface area contributed by atoms with E-state index < -0.39 is 0 Å². The first-order valence-electron chi connectivity index (χ1n) is 5.35. The van der Waals surface area contributed by atoms with Crippen LogP contribution in [0.3, 0.4) is 0 Å². The van der Waals surface area contributed by atoms with Crippen LogP contribution in [0, 0.1) is 0 Å². The molecule has 8 nitrogen and oxygen atoms in total. The summed E-state index contributed by atoms with van der Waals surface area (Å²) < 4.78 is 6.73. The summed E-state index contributed by atoms with van der Waals surface area (Å²) in [6, 6.07) is 0. The zero-order valence-electron chi connectivity index (χ0n) is 9.87. The van der Waals surface area contributed by atoms with Gasteiger partial charge in [0.25, 0.3) is 5.95 Å². The van der Waals surface area contributed by atoms with Gasteiger partial charge in [-0.25, -0.2) is 4.68 Å². The minimum Gasteiger partial charge on any atom is -0.342 e. The van der Waals surface area contributed by atoms with Crippen molar-refractivity contribution < 1.29 is 4.52 Å². The summed E-state index contributed by atoms with van der Waals surface area (Å²) in [7, 11) is 1.90. The van der Waals surface area contributed by atoms with Crippen LogP contribution in [0.15, 0.2) is 10.7 Å². The van der Waals surface area contributed by atoms with E-state index in [0.717, 1.165) is 12.2 Å². The summed E-state index contributed by atoms with van der Waals surface area (Å²) in [4.78, 5) is 6.13. The molecular formula is C9H15N7O. The molecule has 0 aliphatic heterocycles. The van der Waals surface area contributed by atoms with E-state index in [4.69, 9.17) is 10.3 Å². The molecule has 2 N–H and O–H groups in total. The first-order valence-corrected chi connectivity index (χ1v) is 5.35. The second-order valence-corrected chi connectivity index (χ2v) is 3.61. The Morgan fingerprint density at radius 1 is 1.53 bits per heavy atom. The van der Waals surface area contributed by atoms with Crippen LogP contribution in [0.4, 0.5) is 5.95 Å². The van der Waals surface area contributed by atoms with E-state index in [1.165, 1.54) is 0 Å². The largest absolute Gasteiger partial charge is 0.342 e. The number of rotatable bonds is 5. The maximum atomic E-state index is 5.44. The predicted octanol–water partition coefficient (Wildman–Crippen LogP) is -0.376. The Hall–Kier alpha value is -1.96. The fourth-order valence-electron chi connectivity index (χ4n) is 1.25. The van der Waals surface area contributed by atoms with Crippen molar-refractivity contribution in [2.75, 3.05) is 18.5 Å². The molecule has 2 aromatic rings. The SMILES string of the molecule is CCN(C)c1noc(Cn2cc(CN)nn2)n1. The summed E-state index contributed by atoms with van der Waals surface area (Å²) in [6.45, 7) is 3.60. The van der Waals surface area contributed by atoms with E-state index in [9.17, 15) is 0 Å². The van der Waals surface area contributed by atoms with Crippen molar-refractivity contribution in [2.45, 2.75) is 20.0 Å². The minimum atomic E-state index is 0.369. The fourth-order valence-corrected chi connectivity index (χ4v) is 1.25. The lowest BCUT2D eigenvalue weighted by Crippen LogP contribution is -2.17. The van der Waals surface area contributed by atoms with Crippen LogP contribution < -0.4 is 10.6 Å². The van der Waals surface area contributed by atoms with Crippen molar-refractivity contribution in [1.29, 1.82) is 0 Å². The van der Waals surface area contributed by atoms with Gasteiger partial charge in [0.15, 0.2) is 0 Å². The van der Waals surface area contributed by atoms with Gasteiger partial charge in [0.2, 0.25) is 5.89 Å². The van der Waals surface area contributed by atoms with Crippen molar-refractivity contribution in [1.82, 2.24) is 25.1 Å². The van der Waals surface area contributed by atoms with Crippen LogP contribution in [0.2, 0.25) is 0 Å². The molecule has 0 unspecified atom stereocenters. The van der Waals surface area contributed by atoms with Gasteiger partial charge in [0.1, 0.15) is 6.54 Å². The molecule has 0 aliphatic rings. The molecule has 2 heterocycles. The van der Waals surface area contributed by atoms with E-state index in [1.807, 2.05) is 18.9 Å². The average molecular weight is 237 g/mol. The van der Waals surface area contributed by atoms with Gasteiger partial charge in [-0.1, -0.05) is 5.21 Å². The van der Waals surface area contributed by atoms with Crippen LogP contribution >= 0.6 is 0 Å². The van der Waals surface area contributed by atoms with Crippen LogP contribution in [0.1, 0.15) is 18.5 Å². The highest BCUT2D eigenvalue weighted by Gasteiger charge is 2.10. The molecule has 2 rings (SSSR count). The second-order valence-electron chi connectivity index (χ2n) is 3.61. The monoisotopic (exact) mass is 237 g/mol. The summed E-state index contributed by atoms with van der Waals surface area (Å²) in [5.74, 6) is 1.07. The Balaban J connectivity index is 2.06. The third-order valence-electron chi connectivity index (χ3n) is 2.37. The first kappa shape index (κ1) is 11.5. The molecule has 92 valence electrons. The van der Waals surface area contributed by atoms with Crippen molar-refractivity contribution in [3.05, 3.63) is 17.8 Å². The smallest absolute Gasteiger partial charge is 0.265 e. The third kappa shape index (κ3) is 2.59. The maximum absolute atomic E-state index is 5.44. The standard InChI is InChI=1S/C9H15N7O/c1-3-15(2)9-11-8(17-13-9)6-16-5-7(4-10)12-14-16/h5H,3-4,6,10H2,1-2H3. The predicted molar refractivity (Wildman–Crippen MR) is 60.3 cm³/mol. The normalized spacial score (nSPS) is 10.8. The third-order valence-corrected chi connectivity index (χ3v) is 2.37. The quantitative estimate of drug-likeness (QED) is 0.757. The molecule has 0 radical (unpaired) electrons. The van der Waals surface area contributed by atoms with E-state index >= 15 is 0 Å². The lowest BCUT2D eigenvalue weighted by molar-refractivity contribution is 0.364. The molecule has 17 heavy (non-hydrogen) atoms. The lowest BCUT2D eigenvalue weighted by atomic mass is 10.5. The summed E-state index contributed by atoms with van der Waals surface area (Å²) in [5.41, 5.74) is 6.18. The Kier molecular flexibility index (Phi) is 3.33. The molecular weight excluding hydrogens is 222 g/mol. The molecule has 8 heteroatoms. The Bertz CT molecular complexity index is 477. The zero-order chi connectivity index (χ0) is 12.3. The zero-order valence-corrected chi connectivity index (χ0v) is 9.87. The average Bonchev–Trinajstić information content (AvgIpc) is 2.97. The first-order chi connectivity index (χ1) is 8.22. The van der Waals surface area contributed by atoms with Gasteiger partial charge in [0, 0.05) is 20.1 Å². The number of hydrogen-bond donors (Lipinski definition) is 1. The van der Waals surface area contributed by atoms with E-state index in [1.54, 1.807) is 10.9 Å². The van der Waals surface area contributed by atoms with Gasteiger partial charge >= 0.3 is 0 Å². The number of anilines is 1. The molecule has 2 aromatic heterocycles. The molecule has 0 bridgehead atoms. The van der Waals surface area contributed by atoms with Gasteiger partial charge in [-0.2, -0.15) is 4.98 Å². The number of hydrogen-bond acceptors (Lipinski definition) is 7. The van der Waals surface area contributed by atoms with Gasteiger partial charge in [-0.15, -0.1) is 5.10 Å². The van der Waals surface area contributed by atoms with Crippen LogP contribution in [0.25, 0.3) is 0 Å². The number of nitrogens with zero attached hydrogens (tertiary/aromatic N) is 6. The van der Waals surface area contributed by atoms with E-state index in [2.05, 4.69) is 20.5 Å². The molecule has 0 saturated carbocycles. The van der Waals surface area contributed by atoms with Crippen molar-refractivity contribution in [2.24, 2.45) is 5.73 Å². The number of nitrogens with two attached hydrogens (primary N) is 1. The highest BCUT2D eigenvalue weighted by atomic mass is 16.5. The van der Waals surface area contributed by atoms with Crippen LogP contribution in [0.5, 0.6) is 0 Å². The Labute approximate surface area is 98.4 Å². The maximum Gasteiger partial charge on any atom is 0.265 e. The molecule has 0 aromatic carbocycles. The topological polar surface area (TPSA) is 98.9 Å². The fraction of sp³-hybridized carbons (Fsp3) is 0.556. The highest BCUT2D eigenvalue weighted by molar-refractivity contribution is 5.25. The van der Waals surface area contributed by atoms with Gasteiger partial charge in [-0.3, -0.25) is 0 Å². The molecule has 0 saturated heterocycles. The Morgan fingerprint density at radius 2 is 2.35 bits per heavy atom. The van der Waals surface area contributed by atoms with Gasteiger partial charge < -0.3 is 15.2 Å². The summed E-state index contributed by atoms with van der Waals surface area (Å²) in [6.07, 6.45) is 1.76. The lowest BCUT2D eigenvalue weighted by Gasteiger charge is -2.08. The number of aromatic nitrogens is 5. The summed E-state index contributed by atoms with van der Waals surface area (Å²) in [5, 5.41) is 11.6. The van der Waals surface area contributed by atoms with Crippen LogP contribution in [-0.2, 0) is 13.1 Å². The molecule has 0 aliphatic carbocycles. The minimum absolute atomic E-state index is 0.369.